The van der Waals surface area contributed by atoms with Crippen LogP contribution in [0.3, 0.4) is 0 Å². The predicted octanol–water partition coefficient (Wildman–Crippen LogP) is 0.993. The zero-order chi connectivity index (χ0) is 9.26. The van der Waals surface area contributed by atoms with Gasteiger partial charge in [-0.25, -0.2) is 9.97 Å². The highest BCUT2D eigenvalue weighted by Gasteiger charge is 2.02. The Bertz CT molecular complexity index is 423. The Morgan fingerprint density at radius 2 is 2.23 bits per heavy atom. The van der Waals surface area contributed by atoms with Gasteiger partial charge in [0.1, 0.15) is 4.60 Å². The summed E-state index contributed by atoms with van der Waals surface area (Å²) in [4.78, 5) is 8.29. The summed E-state index contributed by atoms with van der Waals surface area (Å²) < 4.78 is 2.79. The number of nitrogens with zero attached hydrogens (tertiary/aromatic N) is 3. The molecule has 0 spiro atoms. The van der Waals surface area contributed by atoms with E-state index in [2.05, 4.69) is 25.9 Å². The lowest BCUT2D eigenvalue weighted by atomic mass is 10.3. The van der Waals surface area contributed by atoms with E-state index in [0.29, 0.717) is 6.54 Å². The number of rotatable bonds is 2. The van der Waals surface area contributed by atoms with E-state index in [-0.39, 0.29) is 0 Å². The fourth-order valence-electron chi connectivity index (χ4n) is 1.25. The maximum absolute atomic E-state index is 5.48. The zero-order valence-corrected chi connectivity index (χ0v) is 8.53. The van der Waals surface area contributed by atoms with Gasteiger partial charge < -0.3 is 10.1 Å². The molecule has 0 fully saturated rings. The van der Waals surface area contributed by atoms with Crippen LogP contribution in [0.15, 0.2) is 23.2 Å². The molecule has 0 bridgehead atoms. The van der Waals surface area contributed by atoms with Crippen molar-refractivity contribution in [1.29, 1.82) is 0 Å². The first kappa shape index (κ1) is 8.65. The Morgan fingerprint density at radius 3 is 3.00 bits per heavy atom. The summed E-state index contributed by atoms with van der Waals surface area (Å²) in [6.07, 6.45) is 6.28. The molecule has 0 aliphatic carbocycles. The van der Waals surface area contributed by atoms with Gasteiger partial charge in [-0.3, -0.25) is 0 Å². The SMILES string of the molecule is NCCc1cnc2cnc(Br)cn12. The van der Waals surface area contributed by atoms with Gasteiger partial charge in [-0.05, 0) is 22.5 Å². The molecule has 2 heterocycles. The quantitative estimate of drug-likeness (QED) is 0.853. The van der Waals surface area contributed by atoms with Crippen molar-refractivity contribution in [3.05, 3.63) is 28.9 Å². The van der Waals surface area contributed by atoms with Gasteiger partial charge in [0.2, 0.25) is 0 Å². The normalized spacial score (nSPS) is 10.9. The third-order valence-electron chi connectivity index (χ3n) is 1.84. The van der Waals surface area contributed by atoms with Gasteiger partial charge >= 0.3 is 0 Å². The van der Waals surface area contributed by atoms with Crippen molar-refractivity contribution in [2.24, 2.45) is 5.73 Å². The monoisotopic (exact) mass is 240 g/mol. The van der Waals surface area contributed by atoms with E-state index in [1.54, 1.807) is 6.20 Å². The standard InChI is InChI=1S/C8H9BrN4/c9-7-5-13-6(1-2-10)3-12-8(13)4-11-7/h3-5H,1-2,10H2. The van der Waals surface area contributed by atoms with Gasteiger partial charge in [0, 0.05) is 24.5 Å². The van der Waals surface area contributed by atoms with E-state index in [4.69, 9.17) is 5.73 Å². The summed E-state index contributed by atoms with van der Waals surface area (Å²) in [6.45, 7) is 0.633. The summed E-state index contributed by atoms with van der Waals surface area (Å²) in [7, 11) is 0. The Labute approximate surface area is 83.9 Å². The van der Waals surface area contributed by atoms with E-state index < -0.39 is 0 Å². The molecular formula is C8H9BrN4. The molecule has 68 valence electrons. The molecule has 0 aliphatic heterocycles. The summed E-state index contributed by atoms with van der Waals surface area (Å²) in [6, 6.07) is 0. The Kier molecular flexibility index (Phi) is 2.28. The van der Waals surface area contributed by atoms with E-state index >= 15 is 0 Å². The van der Waals surface area contributed by atoms with Crippen LogP contribution < -0.4 is 5.73 Å². The summed E-state index contributed by atoms with van der Waals surface area (Å²) in [5, 5.41) is 0. The number of hydrogen-bond donors (Lipinski definition) is 1. The van der Waals surface area contributed by atoms with Crippen LogP contribution >= 0.6 is 15.9 Å². The number of aromatic nitrogens is 3. The lowest BCUT2D eigenvalue weighted by Gasteiger charge is -1.98. The summed E-state index contributed by atoms with van der Waals surface area (Å²) >= 11 is 3.31. The van der Waals surface area contributed by atoms with Crippen LogP contribution in [-0.4, -0.2) is 20.9 Å². The van der Waals surface area contributed by atoms with Crippen LogP contribution in [-0.2, 0) is 6.42 Å². The van der Waals surface area contributed by atoms with E-state index in [9.17, 15) is 0 Å². The summed E-state index contributed by atoms with van der Waals surface area (Å²) in [5.41, 5.74) is 7.45. The molecule has 2 aromatic rings. The largest absolute Gasteiger partial charge is 0.330 e. The van der Waals surface area contributed by atoms with Crippen LogP contribution in [0.1, 0.15) is 5.69 Å². The van der Waals surface area contributed by atoms with E-state index in [1.165, 1.54) is 0 Å². The first-order valence-corrected chi connectivity index (χ1v) is 4.78. The molecule has 0 aliphatic rings. The minimum absolute atomic E-state index is 0.633. The van der Waals surface area contributed by atoms with Crippen molar-refractivity contribution >= 4 is 21.6 Å². The topological polar surface area (TPSA) is 56.2 Å². The molecule has 5 heteroatoms. The van der Waals surface area contributed by atoms with Crippen molar-refractivity contribution in [3.63, 3.8) is 0 Å². The first-order chi connectivity index (χ1) is 6.31. The number of imidazole rings is 1. The van der Waals surface area contributed by atoms with Gasteiger partial charge in [0.05, 0.1) is 6.20 Å². The highest BCUT2D eigenvalue weighted by molar-refractivity contribution is 9.10. The molecule has 0 radical (unpaired) electrons. The molecule has 0 amide bonds. The highest BCUT2D eigenvalue weighted by atomic mass is 79.9. The third kappa shape index (κ3) is 1.57. The van der Waals surface area contributed by atoms with Crippen molar-refractivity contribution in [2.75, 3.05) is 6.54 Å². The zero-order valence-electron chi connectivity index (χ0n) is 6.94. The van der Waals surface area contributed by atoms with Crippen molar-refractivity contribution in [3.8, 4) is 0 Å². The van der Waals surface area contributed by atoms with Crippen LogP contribution in [0.2, 0.25) is 0 Å². The molecule has 4 nitrogen and oxygen atoms in total. The van der Waals surface area contributed by atoms with Crippen LogP contribution in [0.25, 0.3) is 5.65 Å². The highest BCUT2D eigenvalue weighted by Crippen LogP contribution is 2.10. The number of nitrogens with two attached hydrogens (primary N) is 1. The number of hydrogen-bond acceptors (Lipinski definition) is 3. The molecule has 0 aromatic carbocycles. The molecule has 2 rings (SSSR count). The second kappa shape index (κ2) is 3.43. The van der Waals surface area contributed by atoms with Crippen molar-refractivity contribution in [2.45, 2.75) is 6.42 Å². The molecule has 0 atom stereocenters. The molecule has 0 saturated heterocycles. The number of halogens is 1. The fourth-order valence-corrected chi connectivity index (χ4v) is 1.56. The fraction of sp³-hybridized carbons (Fsp3) is 0.250. The lowest BCUT2D eigenvalue weighted by Crippen LogP contribution is -2.05. The van der Waals surface area contributed by atoms with Gasteiger partial charge in [-0.1, -0.05) is 0 Å². The predicted molar refractivity (Wildman–Crippen MR) is 53.4 cm³/mol. The third-order valence-corrected chi connectivity index (χ3v) is 2.25. The average Bonchev–Trinajstić information content (AvgIpc) is 2.49. The first-order valence-electron chi connectivity index (χ1n) is 3.99. The average molecular weight is 241 g/mol. The molecule has 13 heavy (non-hydrogen) atoms. The van der Waals surface area contributed by atoms with Gasteiger partial charge in [0.15, 0.2) is 5.65 Å². The smallest absolute Gasteiger partial charge is 0.155 e. The molecular weight excluding hydrogens is 232 g/mol. The van der Waals surface area contributed by atoms with E-state index in [0.717, 1.165) is 22.4 Å². The molecule has 2 aromatic heterocycles. The second-order valence-corrected chi connectivity index (χ2v) is 3.54. The van der Waals surface area contributed by atoms with E-state index in [1.807, 2.05) is 16.8 Å². The van der Waals surface area contributed by atoms with Crippen molar-refractivity contribution < 1.29 is 0 Å². The minimum atomic E-state index is 0.633. The molecule has 0 unspecified atom stereocenters. The van der Waals surface area contributed by atoms with Crippen LogP contribution in [0.5, 0.6) is 0 Å². The Morgan fingerprint density at radius 1 is 1.38 bits per heavy atom. The minimum Gasteiger partial charge on any atom is -0.330 e. The Balaban J connectivity index is 2.58. The summed E-state index contributed by atoms with van der Waals surface area (Å²) in [5.74, 6) is 0. The molecule has 2 N–H and O–H groups in total. The maximum Gasteiger partial charge on any atom is 0.155 e. The van der Waals surface area contributed by atoms with Crippen LogP contribution in [0, 0.1) is 0 Å². The van der Waals surface area contributed by atoms with Gasteiger partial charge in [-0.15, -0.1) is 0 Å². The molecule has 0 saturated carbocycles. The maximum atomic E-state index is 5.48. The lowest BCUT2D eigenvalue weighted by molar-refractivity contribution is 0.898. The van der Waals surface area contributed by atoms with Crippen molar-refractivity contribution in [1.82, 2.24) is 14.4 Å². The van der Waals surface area contributed by atoms with Gasteiger partial charge in [0.25, 0.3) is 0 Å². The number of fused-ring (bicyclic) bond motifs is 1. The second-order valence-electron chi connectivity index (χ2n) is 2.73. The van der Waals surface area contributed by atoms with Crippen LogP contribution in [0.4, 0.5) is 0 Å². The van der Waals surface area contributed by atoms with Gasteiger partial charge in [-0.2, -0.15) is 0 Å². The Hall–Kier alpha value is -0.940.